The highest BCUT2D eigenvalue weighted by Gasteiger charge is 2.51. The summed E-state index contributed by atoms with van der Waals surface area (Å²) in [6.07, 6.45) is -0.666. The number of ether oxygens (including phenoxy) is 2. The predicted octanol–water partition coefficient (Wildman–Crippen LogP) is 4.87. The number of aliphatic hydroxyl groups excluding tert-OH is 1. The molecular weight excluding hydrogens is 416 g/mol. The molecule has 0 fully saturated rings. The van der Waals surface area contributed by atoms with Crippen molar-refractivity contribution in [2.75, 3.05) is 13.2 Å². The van der Waals surface area contributed by atoms with Gasteiger partial charge >= 0.3 is 11.9 Å². The van der Waals surface area contributed by atoms with Crippen LogP contribution in [0.4, 0.5) is 0 Å². The average molecular weight is 445 g/mol. The Morgan fingerprint density at radius 2 is 1.71 bits per heavy atom. The number of hydrogen-bond donors (Lipinski definition) is 1. The van der Waals surface area contributed by atoms with Crippen LogP contribution in [0.25, 0.3) is 0 Å². The summed E-state index contributed by atoms with van der Waals surface area (Å²) in [5.74, 6) is -2.45. The third-order valence-corrected chi connectivity index (χ3v) is 6.37. The van der Waals surface area contributed by atoms with Crippen LogP contribution in [0.1, 0.15) is 61.5 Å². The van der Waals surface area contributed by atoms with Crippen molar-refractivity contribution in [3.05, 3.63) is 69.7 Å². The van der Waals surface area contributed by atoms with E-state index in [-0.39, 0.29) is 19.6 Å². The lowest BCUT2D eigenvalue weighted by molar-refractivity contribution is -0.159. The van der Waals surface area contributed by atoms with Gasteiger partial charge in [0.2, 0.25) is 0 Å². The van der Waals surface area contributed by atoms with Crippen molar-refractivity contribution in [2.24, 2.45) is 5.92 Å². The fourth-order valence-electron chi connectivity index (χ4n) is 4.62. The maximum Gasteiger partial charge on any atom is 0.314 e. The van der Waals surface area contributed by atoms with E-state index in [1.165, 1.54) is 0 Å². The van der Waals surface area contributed by atoms with Crippen molar-refractivity contribution in [3.63, 3.8) is 0 Å². The summed E-state index contributed by atoms with van der Waals surface area (Å²) in [5.41, 5.74) is 2.37. The van der Waals surface area contributed by atoms with Crippen LogP contribution in [0.5, 0.6) is 0 Å². The minimum Gasteiger partial charge on any atom is -0.466 e. The minimum atomic E-state index is -0.911. The van der Waals surface area contributed by atoms with Gasteiger partial charge in [-0.15, -0.1) is 0 Å². The van der Waals surface area contributed by atoms with Gasteiger partial charge in [0.1, 0.15) is 0 Å². The van der Waals surface area contributed by atoms with Crippen LogP contribution < -0.4 is 0 Å². The van der Waals surface area contributed by atoms with E-state index in [1.54, 1.807) is 38.1 Å². The number of aryl methyl sites for hydroxylation is 1. The van der Waals surface area contributed by atoms with Crippen LogP contribution in [0, 0.1) is 12.8 Å². The minimum absolute atomic E-state index is 0.210. The largest absolute Gasteiger partial charge is 0.466 e. The second-order valence-electron chi connectivity index (χ2n) is 8.25. The summed E-state index contributed by atoms with van der Waals surface area (Å²) in [6.45, 7) is 7.77. The summed E-state index contributed by atoms with van der Waals surface area (Å²) in [4.78, 5) is 25.9. The van der Waals surface area contributed by atoms with Crippen LogP contribution in [0.3, 0.4) is 0 Å². The third kappa shape index (κ3) is 4.48. The standard InChI is InChI=1S/C25H29ClO5/c1-5-30-23(28)19-14-25(4,22(27)16-8-10-17(26)11-9-16)20-12-7-15(3)13-18(20)21(19)24(29)31-6-2/h7-13,19,21-22,27H,5-6,14H2,1-4H3/t19-,21-,22-,25+/m0/s1. The maximum atomic E-state index is 13.0. The van der Waals surface area contributed by atoms with Crippen molar-refractivity contribution in [1.29, 1.82) is 0 Å². The molecule has 2 aromatic rings. The lowest BCUT2D eigenvalue weighted by atomic mass is 9.59. The molecule has 0 unspecified atom stereocenters. The summed E-state index contributed by atoms with van der Waals surface area (Å²) in [5, 5.41) is 12.0. The molecule has 3 rings (SSSR count). The van der Waals surface area contributed by atoms with Gasteiger partial charge in [-0.1, -0.05) is 54.4 Å². The van der Waals surface area contributed by atoms with E-state index in [4.69, 9.17) is 21.1 Å². The number of halogens is 1. The summed E-state index contributed by atoms with van der Waals surface area (Å²) in [6, 6.07) is 12.8. The molecule has 5 nitrogen and oxygen atoms in total. The van der Waals surface area contributed by atoms with Crippen molar-refractivity contribution in [2.45, 2.75) is 51.6 Å². The van der Waals surface area contributed by atoms with Crippen molar-refractivity contribution in [1.82, 2.24) is 0 Å². The topological polar surface area (TPSA) is 72.8 Å². The number of carbonyl (C=O) groups excluding carboxylic acids is 2. The van der Waals surface area contributed by atoms with Crippen LogP contribution in [0.2, 0.25) is 5.02 Å². The Balaban J connectivity index is 2.18. The van der Waals surface area contributed by atoms with E-state index in [0.29, 0.717) is 16.1 Å². The normalized spacial score (nSPS) is 23.5. The van der Waals surface area contributed by atoms with Gasteiger partial charge in [0.15, 0.2) is 0 Å². The highest BCUT2D eigenvalue weighted by Crippen LogP contribution is 2.52. The molecule has 31 heavy (non-hydrogen) atoms. The first-order valence-corrected chi connectivity index (χ1v) is 11.0. The molecule has 0 heterocycles. The second-order valence-corrected chi connectivity index (χ2v) is 8.69. The number of carbonyl (C=O) groups is 2. The van der Waals surface area contributed by atoms with Gasteiger partial charge in [-0.25, -0.2) is 0 Å². The smallest absolute Gasteiger partial charge is 0.314 e. The van der Waals surface area contributed by atoms with E-state index in [2.05, 4.69) is 0 Å². The lowest BCUT2D eigenvalue weighted by Crippen LogP contribution is -2.45. The molecule has 166 valence electrons. The zero-order chi connectivity index (χ0) is 22.8. The fraction of sp³-hybridized carbons (Fsp3) is 0.440. The van der Waals surface area contributed by atoms with Gasteiger partial charge in [-0.2, -0.15) is 0 Å². The SMILES string of the molecule is CCOC(=O)[C@H]1C[C@@](C)([C@@H](O)c2ccc(Cl)cc2)c2ccc(C)cc2[C@@H]1C(=O)OCC. The van der Waals surface area contributed by atoms with E-state index in [0.717, 1.165) is 11.1 Å². The van der Waals surface area contributed by atoms with Crippen LogP contribution in [-0.4, -0.2) is 30.3 Å². The number of benzene rings is 2. The summed E-state index contributed by atoms with van der Waals surface area (Å²) in [7, 11) is 0. The Morgan fingerprint density at radius 3 is 2.32 bits per heavy atom. The molecule has 1 aliphatic rings. The van der Waals surface area contributed by atoms with E-state index in [9.17, 15) is 14.7 Å². The molecular formula is C25H29ClO5. The second kappa shape index (κ2) is 9.41. The molecule has 1 N–H and O–H groups in total. The summed E-state index contributed by atoms with van der Waals surface area (Å²) >= 11 is 6.02. The van der Waals surface area contributed by atoms with Gasteiger partial charge in [0.05, 0.1) is 31.2 Å². The number of esters is 2. The van der Waals surface area contributed by atoms with Crippen molar-refractivity contribution < 1.29 is 24.2 Å². The van der Waals surface area contributed by atoms with Crippen LogP contribution in [-0.2, 0) is 24.5 Å². The number of rotatable bonds is 6. The molecule has 0 aliphatic heterocycles. The number of hydrogen-bond acceptors (Lipinski definition) is 5. The zero-order valence-corrected chi connectivity index (χ0v) is 19.1. The molecule has 0 aromatic heterocycles. The van der Waals surface area contributed by atoms with E-state index < -0.39 is 35.3 Å². The molecule has 0 saturated heterocycles. The number of aliphatic hydroxyl groups is 1. The first-order valence-electron chi connectivity index (χ1n) is 10.6. The first-order chi connectivity index (χ1) is 14.7. The molecule has 2 aromatic carbocycles. The molecule has 6 heteroatoms. The average Bonchev–Trinajstić information content (AvgIpc) is 2.73. The Morgan fingerprint density at radius 1 is 1.10 bits per heavy atom. The van der Waals surface area contributed by atoms with Gasteiger partial charge in [-0.3, -0.25) is 9.59 Å². The van der Waals surface area contributed by atoms with Crippen molar-refractivity contribution in [3.8, 4) is 0 Å². The van der Waals surface area contributed by atoms with Gasteiger partial charge in [0, 0.05) is 10.4 Å². The molecule has 0 radical (unpaired) electrons. The molecule has 0 amide bonds. The highest BCUT2D eigenvalue weighted by atomic mass is 35.5. The first kappa shape index (κ1) is 23.3. The molecule has 0 spiro atoms. The quantitative estimate of drug-likeness (QED) is 0.643. The lowest BCUT2D eigenvalue weighted by Gasteiger charge is -2.45. The Labute approximate surface area is 188 Å². The van der Waals surface area contributed by atoms with Crippen molar-refractivity contribution >= 4 is 23.5 Å². The predicted molar refractivity (Wildman–Crippen MR) is 119 cm³/mol. The maximum absolute atomic E-state index is 13.0. The van der Waals surface area contributed by atoms with Gasteiger partial charge in [0.25, 0.3) is 0 Å². The molecule has 0 saturated carbocycles. The summed E-state index contributed by atoms with van der Waals surface area (Å²) < 4.78 is 10.7. The van der Waals surface area contributed by atoms with E-state index >= 15 is 0 Å². The molecule has 4 atom stereocenters. The van der Waals surface area contributed by atoms with Gasteiger partial charge in [-0.05, 0) is 56.0 Å². The van der Waals surface area contributed by atoms with Gasteiger partial charge < -0.3 is 14.6 Å². The Kier molecular flexibility index (Phi) is 7.07. The molecule has 0 bridgehead atoms. The Hall–Kier alpha value is -2.37. The monoisotopic (exact) mass is 444 g/mol. The van der Waals surface area contributed by atoms with Crippen LogP contribution >= 0.6 is 11.6 Å². The fourth-order valence-corrected chi connectivity index (χ4v) is 4.75. The van der Waals surface area contributed by atoms with E-state index in [1.807, 2.05) is 32.0 Å². The highest BCUT2D eigenvalue weighted by molar-refractivity contribution is 6.30. The Bertz CT molecular complexity index is 955. The third-order valence-electron chi connectivity index (χ3n) is 6.12. The zero-order valence-electron chi connectivity index (χ0n) is 18.4. The van der Waals surface area contributed by atoms with Crippen LogP contribution in [0.15, 0.2) is 42.5 Å². The molecule has 1 aliphatic carbocycles. The number of fused-ring (bicyclic) bond motifs is 1.